The zero-order valence-corrected chi connectivity index (χ0v) is 19.7. The van der Waals surface area contributed by atoms with E-state index in [2.05, 4.69) is 11.1 Å². The standard InChI is InChI=1S/C28H22FN3O2S/c29-21-13-11-19(12-14-21)26-30-27-22(16-20-7-2-4-10-24(20)34-27)28(31-26)35-17-25(33)32-15-5-8-18-6-1-3-9-23(18)32/h1-4,6-7,9-14H,5,8,15-17H2. The number of thioether (sulfide) groups is 1. The zero-order chi connectivity index (χ0) is 23.8. The van der Waals surface area contributed by atoms with Gasteiger partial charge in [0.25, 0.3) is 0 Å². The smallest absolute Gasteiger partial charge is 0.237 e. The van der Waals surface area contributed by atoms with Gasteiger partial charge in [0.2, 0.25) is 11.8 Å². The molecule has 4 aromatic rings. The molecular formula is C28H22FN3O2S. The highest BCUT2D eigenvalue weighted by Gasteiger charge is 2.26. The van der Waals surface area contributed by atoms with Crippen molar-refractivity contribution in [3.05, 3.63) is 95.3 Å². The average Bonchev–Trinajstić information content (AvgIpc) is 2.90. The number of nitrogens with zero attached hydrogens (tertiary/aromatic N) is 3. The van der Waals surface area contributed by atoms with Crippen LogP contribution < -0.4 is 9.64 Å². The fraction of sp³-hybridized carbons (Fsp3) is 0.179. The number of aromatic nitrogens is 2. The summed E-state index contributed by atoms with van der Waals surface area (Å²) in [5.41, 5.74) is 4.82. The monoisotopic (exact) mass is 483 g/mol. The Labute approximate surface area is 207 Å². The topological polar surface area (TPSA) is 55.3 Å². The second kappa shape index (κ2) is 9.15. The van der Waals surface area contributed by atoms with Crippen LogP contribution in [0.5, 0.6) is 11.6 Å². The van der Waals surface area contributed by atoms with Gasteiger partial charge in [0.1, 0.15) is 16.6 Å². The van der Waals surface area contributed by atoms with E-state index in [0.717, 1.165) is 42.0 Å². The number of hydrogen-bond donors (Lipinski definition) is 0. The van der Waals surface area contributed by atoms with Crippen molar-refractivity contribution in [1.29, 1.82) is 0 Å². The Hall–Kier alpha value is -3.71. The van der Waals surface area contributed by atoms with Crippen molar-refractivity contribution < 1.29 is 13.9 Å². The summed E-state index contributed by atoms with van der Waals surface area (Å²) < 4.78 is 19.6. The molecule has 0 spiro atoms. The van der Waals surface area contributed by atoms with Crippen molar-refractivity contribution in [2.24, 2.45) is 0 Å². The van der Waals surface area contributed by atoms with Crippen LogP contribution in [0.3, 0.4) is 0 Å². The summed E-state index contributed by atoms with van der Waals surface area (Å²) >= 11 is 1.40. The Balaban J connectivity index is 1.32. The van der Waals surface area contributed by atoms with E-state index < -0.39 is 0 Å². The highest BCUT2D eigenvalue weighted by molar-refractivity contribution is 8.00. The zero-order valence-electron chi connectivity index (χ0n) is 18.9. The second-order valence-corrected chi connectivity index (χ2v) is 9.56. The minimum atomic E-state index is -0.320. The summed E-state index contributed by atoms with van der Waals surface area (Å²) in [7, 11) is 0. The first kappa shape index (κ1) is 21.8. The lowest BCUT2D eigenvalue weighted by Gasteiger charge is -2.29. The van der Waals surface area contributed by atoms with Crippen LogP contribution in [-0.2, 0) is 17.6 Å². The Morgan fingerprint density at radius 2 is 1.74 bits per heavy atom. The van der Waals surface area contributed by atoms with Crippen LogP contribution in [0.2, 0.25) is 0 Å². The van der Waals surface area contributed by atoms with Gasteiger partial charge in [-0.3, -0.25) is 4.79 Å². The third-order valence-corrected chi connectivity index (χ3v) is 7.33. The first-order valence-electron chi connectivity index (χ1n) is 11.6. The first-order chi connectivity index (χ1) is 17.2. The molecule has 1 aromatic heterocycles. The van der Waals surface area contributed by atoms with Gasteiger partial charge in [0, 0.05) is 24.2 Å². The number of hydrogen-bond acceptors (Lipinski definition) is 5. The number of amides is 1. The highest BCUT2D eigenvalue weighted by Crippen LogP contribution is 2.40. The van der Waals surface area contributed by atoms with E-state index in [1.807, 2.05) is 47.4 Å². The third-order valence-electron chi connectivity index (χ3n) is 6.32. The van der Waals surface area contributed by atoms with E-state index in [4.69, 9.17) is 9.72 Å². The molecule has 5 nitrogen and oxygen atoms in total. The minimum Gasteiger partial charge on any atom is -0.438 e. The number of carbonyl (C=O) groups is 1. The fourth-order valence-corrected chi connectivity index (χ4v) is 5.47. The number of benzene rings is 3. The van der Waals surface area contributed by atoms with Crippen LogP contribution in [0.1, 0.15) is 23.1 Å². The van der Waals surface area contributed by atoms with Crippen LogP contribution in [-0.4, -0.2) is 28.2 Å². The van der Waals surface area contributed by atoms with Gasteiger partial charge in [-0.2, -0.15) is 4.98 Å². The molecule has 0 atom stereocenters. The molecule has 0 saturated heterocycles. The molecule has 2 aliphatic heterocycles. The Morgan fingerprint density at radius 1 is 0.971 bits per heavy atom. The van der Waals surface area contributed by atoms with Gasteiger partial charge in [0.05, 0.1) is 11.3 Å². The van der Waals surface area contributed by atoms with Crippen LogP contribution in [0.4, 0.5) is 10.1 Å². The molecule has 0 fully saturated rings. The molecule has 0 radical (unpaired) electrons. The number of fused-ring (bicyclic) bond motifs is 3. The molecule has 0 saturated carbocycles. The molecule has 35 heavy (non-hydrogen) atoms. The molecule has 3 aromatic carbocycles. The summed E-state index contributed by atoms with van der Waals surface area (Å²) in [6, 6.07) is 22.0. The summed E-state index contributed by atoms with van der Waals surface area (Å²) in [5.74, 6) is 1.68. The van der Waals surface area contributed by atoms with E-state index in [1.54, 1.807) is 12.1 Å². The Bertz CT molecular complexity index is 1420. The number of halogens is 1. The lowest BCUT2D eigenvalue weighted by molar-refractivity contribution is -0.116. The van der Waals surface area contributed by atoms with Crippen molar-refractivity contribution in [3.63, 3.8) is 0 Å². The Kier molecular flexibility index (Phi) is 5.70. The molecule has 0 unspecified atom stereocenters. The van der Waals surface area contributed by atoms with E-state index in [1.165, 1.54) is 29.5 Å². The number of para-hydroxylation sites is 2. The Morgan fingerprint density at radius 3 is 2.60 bits per heavy atom. The van der Waals surface area contributed by atoms with E-state index in [9.17, 15) is 9.18 Å². The molecule has 2 aliphatic rings. The third kappa shape index (κ3) is 4.28. The predicted octanol–water partition coefficient (Wildman–Crippen LogP) is 6.05. The second-order valence-electron chi connectivity index (χ2n) is 8.60. The van der Waals surface area contributed by atoms with Crippen molar-refractivity contribution in [2.45, 2.75) is 24.3 Å². The molecule has 1 amide bonds. The molecule has 6 rings (SSSR count). The SMILES string of the molecule is O=C(CSc1nc(-c2ccc(F)cc2)nc2c1Cc1ccccc1O2)N1CCCc2ccccc21. The number of ether oxygens (including phenoxy) is 1. The summed E-state index contributed by atoms with van der Waals surface area (Å²) in [6.07, 6.45) is 2.57. The quantitative estimate of drug-likeness (QED) is 0.230. The largest absolute Gasteiger partial charge is 0.438 e. The summed E-state index contributed by atoms with van der Waals surface area (Å²) in [5, 5.41) is 0.711. The highest BCUT2D eigenvalue weighted by atomic mass is 32.2. The number of carbonyl (C=O) groups excluding carboxylic acids is 1. The van der Waals surface area contributed by atoms with Crippen molar-refractivity contribution >= 4 is 23.4 Å². The van der Waals surface area contributed by atoms with Crippen molar-refractivity contribution in [1.82, 2.24) is 9.97 Å². The van der Waals surface area contributed by atoms with E-state index in [-0.39, 0.29) is 17.5 Å². The lowest BCUT2D eigenvalue weighted by Crippen LogP contribution is -2.36. The van der Waals surface area contributed by atoms with Crippen LogP contribution in [0, 0.1) is 5.82 Å². The predicted molar refractivity (Wildman–Crippen MR) is 135 cm³/mol. The lowest BCUT2D eigenvalue weighted by atomic mass is 10.0. The van der Waals surface area contributed by atoms with Gasteiger partial charge in [-0.1, -0.05) is 48.2 Å². The maximum Gasteiger partial charge on any atom is 0.237 e. The van der Waals surface area contributed by atoms with Gasteiger partial charge < -0.3 is 9.64 Å². The fourth-order valence-electron chi connectivity index (χ4n) is 4.57. The van der Waals surface area contributed by atoms with Crippen LogP contribution in [0.25, 0.3) is 11.4 Å². The maximum absolute atomic E-state index is 13.5. The number of rotatable bonds is 4. The molecule has 3 heterocycles. The van der Waals surface area contributed by atoms with Crippen LogP contribution >= 0.6 is 11.8 Å². The van der Waals surface area contributed by atoms with Gasteiger partial charge in [0.15, 0.2) is 5.82 Å². The van der Waals surface area contributed by atoms with Gasteiger partial charge >= 0.3 is 0 Å². The average molecular weight is 484 g/mol. The molecular weight excluding hydrogens is 461 g/mol. The van der Waals surface area contributed by atoms with Crippen molar-refractivity contribution in [3.8, 4) is 23.0 Å². The van der Waals surface area contributed by atoms with Gasteiger partial charge in [-0.05, 0) is 60.4 Å². The molecule has 0 bridgehead atoms. The van der Waals surface area contributed by atoms with Gasteiger partial charge in [-0.25, -0.2) is 9.37 Å². The first-order valence-corrected chi connectivity index (χ1v) is 12.6. The minimum absolute atomic E-state index is 0.0509. The summed E-state index contributed by atoms with van der Waals surface area (Å²) in [4.78, 5) is 24.6. The summed E-state index contributed by atoms with van der Waals surface area (Å²) in [6.45, 7) is 0.718. The molecule has 174 valence electrons. The van der Waals surface area contributed by atoms with E-state index in [0.29, 0.717) is 28.7 Å². The number of aryl methyl sites for hydroxylation is 1. The van der Waals surface area contributed by atoms with E-state index >= 15 is 0 Å². The maximum atomic E-state index is 13.5. The normalized spacial score (nSPS) is 13.9. The molecule has 7 heteroatoms. The number of anilines is 1. The molecule has 0 N–H and O–H groups in total. The van der Waals surface area contributed by atoms with Gasteiger partial charge in [-0.15, -0.1) is 0 Å². The van der Waals surface area contributed by atoms with Crippen molar-refractivity contribution in [2.75, 3.05) is 17.2 Å². The van der Waals surface area contributed by atoms with Crippen LogP contribution in [0.15, 0.2) is 77.8 Å². The molecule has 0 aliphatic carbocycles.